The van der Waals surface area contributed by atoms with E-state index in [1.54, 1.807) is 0 Å². The molecule has 1 saturated heterocycles. The average molecular weight is 212 g/mol. The van der Waals surface area contributed by atoms with Gasteiger partial charge < -0.3 is 15.7 Å². The summed E-state index contributed by atoms with van der Waals surface area (Å²) in [5.41, 5.74) is 5.07. The summed E-state index contributed by atoms with van der Waals surface area (Å²) in [7, 11) is 0. The molecule has 3 N–H and O–H groups in total. The minimum atomic E-state index is -0.455. The van der Waals surface area contributed by atoms with E-state index in [9.17, 15) is 5.11 Å². The average Bonchev–Trinajstić information content (AvgIpc) is 2.72. The predicted octanol–water partition coefficient (Wildman–Crippen LogP) is 1.10. The molecule has 0 atom stereocenters. The van der Waals surface area contributed by atoms with E-state index >= 15 is 0 Å². The van der Waals surface area contributed by atoms with Gasteiger partial charge in [-0.15, -0.1) is 0 Å². The van der Waals surface area contributed by atoms with Crippen LogP contribution in [0.4, 0.5) is 0 Å². The van der Waals surface area contributed by atoms with E-state index in [1.165, 1.54) is 25.7 Å². The summed E-state index contributed by atoms with van der Waals surface area (Å²) in [6.45, 7) is 2.75. The molecule has 2 rings (SSSR count). The highest BCUT2D eigenvalue weighted by Crippen LogP contribution is 2.30. The Morgan fingerprint density at radius 1 is 1.20 bits per heavy atom. The van der Waals surface area contributed by atoms with Crippen LogP contribution >= 0.6 is 0 Å². The molecule has 1 aliphatic heterocycles. The van der Waals surface area contributed by atoms with Crippen LogP contribution in [0.1, 0.15) is 44.9 Å². The zero-order chi connectivity index (χ0) is 10.7. The molecule has 0 aromatic carbocycles. The highest BCUT2D eigenvalue weighted by molar-refractivity contribution is 4.89. The first kappa shape index (κ1) is 11.4. The van der Waals surface area contributed by atoms with Crippen LogP contribution in [0.2, 0.25) is 0 Å². The van der Waals surface area contributed by atoms with Gasteiger partial charge in [0.25, 0.3) is 0 Å². The topological polar surface area (TPSA) is 49.5 Å². The van der Waals surface area contributed by atoms with Gasteiger partial charge in [0, 0.05) is 19.1 Å². The minimum Gasteiger partial charge on any atom is -0.390 e. The van der Waals surface area contributed by atoms with E-state index in [0.29, 0.717) is 6.54 Å². The summed E-state index contributed by atoms with van der Waals surface area (Å²) in [5, 5.41) is 10.2. The molecule has 88 valence electrons. The number of likely N-dealkylation sites (tertiary alicyclic amines) is 1. The Morgan fingerprint density at radius 3 is 2.33 bits per heavy atom. The molecule has 2 fully saturated rings. The monoisotopic (exact) mass is 212 g/mol. The zero-order valence-electron chi connectivity index (χ0n) is 9.62. The van der Waals surface area contributed by atoms with E-state index in [4.69, 9.17) is 5.73 Å². The van der Waals surface area contributed by atoms with Crippen molar-refractivity contribution in [3.05, 3.63) is 0 Å². The van der Waals surface area contributed by atoms with E-state index in [1.807, 2.05) is 0 Å². The van der Waals surface area contributed by atoms with Crippen LogP contribution in [-0.4, -0.2) is 41.3 Å². The molecule has 2 aliphatic rings. The third kappa shape index (κ3) is 2.71. The van der Waals surface area contributed by atoms with Gasteiger partial charge in [-0.25, -0.2) is 0 Å². The molecule has 0 amide bonds. The number of rotatable bonds is 3. The van der Waals surface area contributed by atoms with Crippen LogP contribution in [0.15, 0.2) is 0 Å². The van der Waals surface area contributed by atoms with Crippen LogP contribution in [0.5, 0.6) is 0 Å². The number of nitrogens with zero attached hydrogens (tertiary/aromatic N) is 1. The Morgan fingerprint density at radius 2 is 1.80 bits per heavy atom. The number of nitrogens with two attached hydrogens (primary N) is 1. The second-order valence-corrected chi connectivity index (χ2v) is 5.24. The molecule has 0 spiro atoms. The Hall–Kier alpha value is -0.120. The molecule has 3 heteroatoms. The molecule has 1 heterocycles. The quantitative estimate of drug-likeness (QED) is 0.736. The van der Waals surface area contributed by atoms with Crippen LogP contribution in [0.25, 0.3) is 0 Å². The predicted molar refractivity (Wildman–Crippen MR) is 61.7 cm³/mol. The van der Waals surface area contributed by atoms with Crippen LogP contribution in [-0.2, 0) is 0 Å². The standard InChI is InChI=1S/C12H24N2O/c13-8-5-12(15)6-9-14(10-7-12)11-3-1-2-4-11/h11,15H,1-10,13H2. The fourth-order valence-corrected chi connectivity index (χ4v) is 3.09. The normalized spacial score (nSPS) is 28.4. The van der Waals surface area contributed by atoms with Gasteiger partial charge in [0.05, 0.1) is 5.60 Å². The van der Waals surface area contributed by atoms with E-state index in [2.05, 4.69) is 4.90 Å². The maximum absolute atomic E-state index is 10.2. The van der Waals surface area contributed by atoms with E-state index in [0.717, 1.165) is 38.4 Å². The first-order valence-electron chi connectivity index (χ1n) is 6.40. The van der Waals surface area contributed by atoms with Crippen molar-refractivity contribution in [1.82, 2.24) is 4.90 Å². The smallest absolute Gasteiger partial charge is 0.0684 e. The molecule has 0 radical (unpaired) electrons. The fourth-order valence-electron chi connectivity index (χ4n) is 3.09. The molecule has 1 saturated carbocycles. The first-order chi connectivity index (χ1) is 7.23. The summed E-state index contributed by atoms with van der Waals surface area (Å²) >= 11 is 0. The molecular weight excluding hydrogens is 188 g/mol. The van der Waals surface area contributed by atoms with Gasteiger partial charge in [0.2, 0.25) is 0 Å². The highest BCUT2D eigenvalue weighted by Gasteiger charge is 2.34. The van der Waals surface area contributed by atoms with Crippen molar-refractivity contribution in [2.45, 2.75) is 56.6 Å². The summed E-state index contributed by atoms with van der Waals surface area (Å²) in [5.74, 6) is 0. The highest BCUT2D eigenvalue weighted by atomic mass is 16.3. The lowest BCUT2D eigenvalue weighted by Crippen LogP contribution is -2.48. The van der Waals surface area contributed by atoms with Gasteiger partial charge in [0.1, 0.15) is 0 Å². The van der Waals surface area contributed by atoms with Crippen molar-refractivity contribution in [3.63, 3.8) is 0 Å². The van der Waals surface area contributed by atoms with Crippen molar-refractivity contribution >= 4 is 0 Å². The Labute approximate surface area is 92.6 Å². The van der Waals surface area contributed by atoms with Gasteiger partial charge in [0.15, 0.2) is 0 Å². The van der Waals surface area contributed by atoms with Gasteiger partial charge in [-0.1, -0.05) is 12.8 Å². The first-order valence-corrected chi connectivity index (χ1v) is 6.40. The number of piperidine rings is 1. The third-order valence-electron chi connectivity index (χ3n) is 4.18. The molecular formula is C12H24N2O. The summed E-state index contributed by atoms with van der Waals surface area (Å²) in [6, 6.07) is 0.812. The van der Waals surface area contributed by atoms with Crippen LogP contribution in [0.3, 0.4) is 0 Å². The van der Waals surface area contributed by atoms with Crippen molar-refractivity contribution in [3.8, 4) is 0 Å². The summed E-state index contributed by atoms with van der Waals surface area (Å²) < 4.78 is 0. The zero-order valence-corrected chi connectivity index (χ0v) is 9.62. The minimum absolute atomic E-state index is 0.455. The number of hydrogen-bond acceptors (Lipinski definition) is 3. The second kappa shape index (κ2) is 4.81. The van der Waals surface area contributed by atoms with E-state index in [-0.39, 0.29) is 0 Å². The third-order valence-corrected chi connectivity index (χ3v) is 4.18. The Bertz CT molecular complexity index is 194. The lowest BCUT2D eigenvalue weighted by Gasteiger charge is -2.40. The van der Waals surface area contributed by atoms with E-state index < -0.39 is 5.60 Å². The lowest BCUT2D eigenvalue weighted by molar-refractivity contribution is -0.0344. The van der Waals surface area contributed by atoms with Gasteiger partial charge in [-0.05, 0) is 38.6 Å². The van der Waals surface area contributed by atoms with Crippen molar-refractivity contribution in [2.75, 3.05) is 19.6 Å². The van der Waals surface area contributed by atoms with Crippen molar-refractivity contribution in [2.24, 2.45) is 5.73 Å². The Kier molecular flexibility index (Phi) is 3.65. The van der Waals surface area contributed by atoms with Gasteiger partial charge in [-0.3, -0.25) is 0 Å². The maximum atomic E-state index is 10.2. The molecule has 15 heavy (non-hydrogen) atoms. The molecule has 1 aliphatic carbocycles. The largest absolute Gasteiger partial charge is 0.390 e. The molecule has 0 bridgehead atoms. The lowest BCUT2D eigenvalue weighted by atomic mass is 9.87. The molecule has 3 nitrogen and oxygen atoms in total. The molecule has 0 unspecified atom stereocenters. The molecule has 0 aromatic rings. The molecule has 0 aromatic heterocycles. The Balaban J connectivity index is 1.80. The fraction of sp³-hybridized carbons (Fsp3) is 1.00. The van der Waals surface area contributed by atoms with Crippen LogP contribution < -0.4 is 5.73 Å². The van der Waals surface area contributed by atoms with Crippen molar-refractivity contribution < 1.29 is 5.11 Å². The second-order valence-electron chi connectivity index (χ2n) is 5.24. The van der Waals surface area contributed by atoms with Crippen LogP contribution in [0, 0.1) is 0 Å². The summed E-state index contributed by atoms with van der Waals surface area (Å²) in [4.78, 5) is 2.58. The SMILES string of the molecule is NCCC1(O)CCN(C2CCCC2)CC1. The number of aliphatic hydroxyl groups is 1. The van der Waals surface area contributed by atoms with Gasteiger partial charge in [-0.2, -0.15) is 0 Å². The summed E-state index contributed by atoms with van der Waals surface area (Å²) in [6.07, 6.45) is 8.14. The number of hydrogen-bond donors (Lipinski definition) is 2. The van der Waals surface area contributed by atoms with Gasteiger partial charge >= 0.3 is 0 Å². The van der Waals surface area contributed by atoms with Crippen molar-refractivity contribution in [1.29, 1.82) is 0 Å². The maximum Gasteiger partial charge on any atom is 0.0684 e.